The fraction of sp³-hybridized carbons (Fsp3) is 0.214. The maximum Gasteiger partial charge on any atom is 0.223 e. The van der Waals surface area contributed by atoms with Gasteiger partial charge in [0.1, 0.15) is 0 Å². The first-order valence-electron chi connectivity index (χ1n) is 6.57. The number of aryl methyl sites for hydroxylation is 2. The SMILES string of the molecule is CC(=O)Nc1nc(CCc2cccc(NC(=N)N)c2)c(Br)s1.Cl. The van der Waals surface area contributed by atoms with Crippen LogP contribution in [0.5, 0.6) is 0 Å². The second kappa shape index (κ2) is 8.85. The molecule has 23 heavy (non-hydrogen) atoms. The normalized spacial score (nSPS) is 9.83. The van der Waals surface area contributed by atoms with E-state index in [1.54, 1.807) is 0 Å². The predicted molar refractivity (Wildman–Crippen MR) is 101 cm³/mol. The molecule has 124 valence electrons. The number of carbonyl (C=O) groups excluding carboxylic acids is 1. The lowest BCUT2D eigenvalue weighted by Crippen LogP contribution is -2.20. The highest BCUT2D eigenvalue weighted by Gasteiger charge is 2.10. The van der Waals surface area contributed by atoms with Gasteiger partial charge < -0.3 is 16.4 Å². The van der Waals surface area contributed by atoms with Crippen LogP contribution in [0.1, 0.15) is 18.2 Å². The van der Waals surface area contributed by atoms with Crippen LogP contribution in [-0.4, -0.2) is 16.9 Å². The summed E-state index contributed by atoms with van der Waals surface area (Å²) in [5.41, 5.74) is 8.15. The Bertz CT molecular complexity index is 706. The van der Waals surface area contributed by atoms with E-state index >= 15 is 0 Å². The number of anilines is 2. The number of carbonyl (C=O) groups is 1. The first-order chi connectivity index (χ1) is 10.4. The van der Waals surface area contributed by atoms with Crippen molar-refractivity contribution in [2.75, 3.05) is 10.6 Å². The summed E-state index contributed by atoms with van der Waals surface area (Å²) in [4.78, 5) is 15.5. The molecule has 0 saturated heterocycles. The summed E-state index contributed by atoms with van der Waals surface area (Å²) in [7, 11) is 0. The van der Waals surface area contributed by atoms with Crippen molar-refractivity contribution in [1.29, 1.82) is 5.41 Å². The van der Waals surface area contributed by atoms with E-state index in [2.05, 4.69) is 31.5 Å². The number of hydrogen-bond donors (Lipinski definition) is 4. The average Bonchev–Trinajstić information content (AvgIpc) is 2.75. The Morgan fingerprint density at radius 2 is 2.13 bits per heavy atom. The number of guanidine groups is 1. The molecule has 9 heteroatoms. The molecule has 0 aliphatic carbocycles. The van der Waals surface area contributed by atoms with E-state index in [-0.39, 0.29) is 24.3 Å². The van der Waals surface area contributed by atoms with Crippen molar-refractivity contribution in [2.45, 2.75) is 19.8 Å². The van der Waals surface area contributed by atoms with Gasteiger partial charge in [0.25, 0.3) is 0 Å². The molecular weight excluding hydrogens is 402 g/mol. The van der Waals surface area contributed by atoms with E-state index in [4.69, 9.17) is 11.1 Å². The highest BCUT2D eigenvalue weighted by atomic mass is 79.9. The summed E-state index contributed by atoms with van der Waals surface area (Å²) in [6.07, 6.45) is 1.55. The summed E-state index contributed by atoms with van der Waals surface area (Å²) in [6, 6.07) is 7.74. The molecule has 1 aromatic carbocycles. The van der Waals surface area contributed by atoms with Crippen molar-refractivity contribution >= 4 is 62.4 Å². The number of hydrogen-bond acceptors (Lipinski definition) is 4. The van der Waals surface area contributed by atoms with E-state index in [1.807, 2.05) is 24.3 Å². The number of nitrogens with zero attached hydrogens (tertiary/aromatic N) is 1. The van der Waals surface area contributed by atoms with Crippen molar-refractivity contribution in [3.05, 3.63) is 39.3 Å². The lowest BCUT2D eigenvalue weighted by Gasteiger charge is -2.06. The van der Waals surface area contributed by atoms with Crippen LogP contribution in [0, 0.1) is 5.41 Å². The molecule has 0 spiro atoms. The molecule has 0 atom stereocenters. The first kappa shape index (κ1) is 19.4. The van der Waals surface area contributed by atoms with Gasteiger partial charge in [0.05, 0.1) is 9.48 Å². The fourth-order valence-electron chi connectivity index (χ4n) is 1.91. The van der Waals surface area contributed by atoms with Gasteiger partial charge in [0.2, 0.25) is 5.91 Å². The van der Waals surface area contributed by atoms with Gasteiger partial charge in [-0.3, -0.25) is 10.2 Å². The van der Waals surface area contributed by atoms with Crippen molar-refractivity contribution in [1.82, 2.24) is 4.98 Å². The van der Waals surface area contributed by atoms with Gasteiger partial charge in [0.15, 0.2) is 11.1 Å². The first-order valence-corrected chi connectivity index (χ1v) is 8.18. The summed E-state index contributed by atoms with van der Waals surface area (Å²) < 4.78 is 0.925. The molecular formula is C14H17BrClN5OS. The van der Waals surface area contributed by atoms with E-state index in [1.165, 1.54) is 18.3 Å². The average molecular weight is 419 g/mol. The molecule has 0 fully saturated rings. The molecule has 0 aliphatic heterocycles. The number of nitrogens with two attached hydrogens (primary N) is 1. The van der Waals surface area contributed by atoms with Gasteiger partial charge in [0, 0.05) is 12.6 Å². The largest absolute Gasteiger partial charge is 0.370 e. The number of rotatable bonds is 5. The molecule has 2 rings (SSSR count). The molecule has 0 unspecified atom stereocenters. The maximum atomic E-state index is 11.0. The Balaban J connectivity index is 0.00000264. The van der Waals surface area contributed by atoms with Gasteiger partial charge in [-0.25, -0.2) is 4.98 Å². The number of thiazole rings is 1. The van der Waals surface area contributed by atoms with Crippen LogP contribution in [0.15, 0.2) is 28.1 Å². The van der Waals surface area contributed by atoms with Crippen LogP contribution in [-0.2, 0) is 17.6 Å². The van der Waals surface area contributed by atoms with Crippen LogP contribution >= 0.6 is 39.7 Å². The number of amides is 1. The predicted octanol–water partition coefficient (Wildman–Crippen LogP) is 3.38. The summed E-state index contributed by atoms with van der Waals surface area (Å²) >= 11 is 4.88. The fourth-order valence-corrected chi connectivity index (χ4v) is 3.45. The van der Waals surface area contributed by atoms with Crippen LogP contribution in [0.25, 0.3) is 0 Å². The minimum absolute atomic E-state index is 0. The van der Waals surface area contributed by atoms with Crippen LogP contribution in [0.2, 0.25) is 0 Å². The highest BCUT2D eigenvalue weighted by molar-refractivity contribution is 9.11. The number of aromatic nitrogens is 1. The standard InChI is InChI=1S/C14H16BrN5OS.ClH/c1-8(21)18-14-20-11(12(15)22-14)6-5-9-3-2-4-10(7-9)19-13(16)17;/h2-4,7H,5-6H2,1H3,(H4,16,17,19)(H,18,20,21);1H. The van der Waals surface area contributed by atoms with Gasteiger partial charge in [-0.05, 0) is 46.5 Å². The molecule has 5 N–H and O–H groups in total. The third kappa shape index (κ3) is 6.17. The molecule has 1 heterocycles. The maximum absolute atomic E-state index is 11.0. The van der Waals surface area contributed by atoms with Crippen LogP contribution in [0.3, 0.4) is 0 Å². The van der Waals surface area contributed by atoms with Gasteiger partial charge in [-0.2, -0.15) is 0 Å². The van der Waals surface area contributed by atoms with E-state index in [0.29, 0.717) is 5.13 Å². The van der Waals surface area contributed by atoms with Crippen molar-refractivity contribution in [2.24, 2.45) is 5.73 Å². The molecule has 1 aromatic heterocycles. The summed E-state index contributed by atoms with van der Waals surface area (Å²) in [5, 5.41) is 13.3. The molecule has 0 bridgehead atoms. The van der Waals surface area contributed by atoms with E-state index in [0.717, 1.165) is 33.6 Å². The molecule has 0 aliphatic rings. The quantitative estimate of drug-likeness (QED) is 0.441. The summed E-state index contributed by atoms with van der Waals surface area (Å²) in [6.45, 7) is 1.46. The highest BCUT2D eigenvalue weighted by Crippen LogP contribution is 2.29. The van der Waals surface area contributed by atoms with Crippen molar-refractivity contribution in [3.8, 4) is 0 Å². The number of nitrogens with one attached hydrogen (secondary N) is 3. The Morgan fingerprint density at radius 3 is 2.78 bits per heavy atom. The van der Waals surface area contributed by atoms with Crippen molar-refractivity contribution in [3.63, 3.8) is 0 Å². The zero-order valence-electron chi connectivity index (χ0n) is 12.4. The Kier molecular flexibility index (Phi) is 7.47. The van der Waals surface area contributed by atoms with Gasteiger partial charge >= 0.3 is 0 Å². The lowest BCUT2D eigenvalue weighted by atomic mass is 10.1. The molecule has 0 saturated carbocycles. The van der Waals surface area contributed by atoms with E-state index < -0.39 is 0 Å². The number of halogens is 2. The molecule has 0 radical (unpaired) electrons. The van der Waals surface area contributed by atoms with Gasteiger partial charge in [-0.1, -0.05) is 23.5 Å². The minimum Gasteiger partial charge on any atom is -0.370 e. The monoisotopic (exact) mass is 417 g/mol. The number of benzene rings is 1. The zero-order valence-corrected chi connectivity index (χ0v) is 15.6. The summed E-state index contributed by atoms with van der Waals surface area (Å²) in [5.74, 6) is -0.213. The zero-order chi connectivity index (χ0) is 16.1. The third-order valence-corrected chi connectivity index (χ3v) is 4.53. The topological polar surface area (TPSA) is 104 Å². The second-order valence-electron chi connectivity index (χ2n) is 4.66. The van der Waals surface area contributed by atoms with Crippen LogP contribution < -0.4 is 16.4 Å². The minimum atomic E-state index is -0.129. The second-order valence-corrected chi connectivity index (χ2v) is 6.98. The molecule has 1 amide bonds. The van der Waals surface area contributed by atoms with Crippen LogP contribution in [0.4, 0.5) is 10.8 Å². The Labute approximate surface area is 152 Å². The smallest absolute Gasteiger partial charge is 0.223 e. The Hall–Kier alpha value is -1.64. The lowest BCUT2D eigenvalue weighted by molar-refractivity contribution is -0.114. The van der Waals surface area contributed by atoms with E-state index in [9.17, 15) is 4.79 Å². The van der Waals surface area contributed by atoms with Gasteiger partial charge in [-0.15, -0.1) is 12.4 Å². The Morgan fingerprint density at radius 1 is 1.39 bits per heavy atom. The third-order valence-electron chi connectivity index (χ3n) is 2.79. The van der Waals surface area contributed by atoms with Crippen molar-refractivity contribution < 1.29 is 4.79 Å². The molecule has 6 nitrogen and oxygen atoms in total. The molecule has 2 aromatic rings.